The number of phenols is 1. The van der Waals surface area contributed by atoms with Crippen LogP contribution in [0.15, 0.2) is 61.1 Å². The molecule has 1 aliphatic heterocycles. The summed E-state index contributed by atoms with van der Waals surface area (Å²) in [7, 11) is 0. The summed E-state index contributed by atoms with van der Waals surface area (Å²) in [6.07, 6.45) is 5.41. The molecule has 7 heteroatoms. The average molecular weight is 346 g/mol. The maximum absolute atomic E-state index is 10.6. The monoisotopic (exact) mass is 346 g/mol. The van der Waals surface area contributed by atoms with Crippen LogP contribution in [0.1, 0.15) is 0 Å². The van der Waals surface area contributed by atoms with Gasteiger partial charge >= 0.3 is 0 Å². The molecule has 0 atom stereocenters. The smallest absolute Gasteiger partial charge is 0.231 e. The van der Waals surface area contributed by atoms with Gasteiger partial charge in [0.2, 0.25) is 12.5 Å². The van der Waals surface area contributed by atoms with E-state index in [0.29, 0.717) is 22.8 Å². The van der Waals surface area contributed by atoms with Crippen molar-refractivity contribution in [3.63, 3.8) is 0 Å². The predicted octanol–water partition coefficient (Wildman–Crippen LogP) is 3.36. The van der Waals surface area contributed by atoms with E-state index in [1.165, 1.54) is 0 Å². The summed E-state index contributed by atoms with van der Waals surface area (Å²) in [4.78, 5) is 0. The lowest BCUT2D eigenvalue weighted by Gasteiger charge is -2.07. The lowest BCUT2D eigenvalue weighted by Crippen LogP contribution is -1.93. The standard InChI is InChI=1S/C19H14N4O3/c24-18-14(6-7-16-19(18)26-11-25-16)17-15(9-20-22-17)12-8-21-23(10-12)13-4-2-1-3-5-13/h1-10,24H,11H2,(H,20,22). The summed E-state index contributed by atoms with van der Waals surface area (Å²) < 4.78 is 12.4. The van der Waals surface area contributed by atoms with Gasteiger partial charge in [0.05, 0.1) is 23.8 Å². The highest BCUT2D eigenvalue weighted by Crippen LogP contribution is 2.47. The van der Waals surface area contributed by atoms with Crippen molar-refractivity contribution in [3.05, 3.63) is 61.1 Å². The number of phenolic OH excluding ortho intramolecular Hbond substituents is 1. The fraction of sp³-hybridized carbons (Fsp3) is 0.0526. The molecule has 0 aliphatic carbocycles. The number of hydrogen-bond donors (Lipinski definition) is 2. The first-order valence-electron chi connectivity index (χ1n) is 8.07. The highest BCUT2D eigenvalue weighted by Gasteiger charge is 2.23. The molecule has 7 nitrogen and oxygen atoms in total. The van der Waals surface area contributed by atoms with Crippen molar-refractivity contribution >= 4 is 0 Å². The molecule has 0 bridgehead atoms. The normalized spacial score (nSPS) is 12.5. The lowest BCUT2D eigenvalue weighted by molar-refractivity contribution is 0.171. The van der Waals surface area contributed by atoms with E-state index in [-0.39, 0.29) is 12.5 Å². The van der Waals surface area contributed by atoms with Gasteiger partial charge in [0, 0.05) is 22.9 Å². The Bertz CT molecular complexity index is 1090. The molecule has 26 heavy (non-hydrogen) atoms. The molecule has 0 unspecified atom stereocenters. The number of aromatic hydroxyl groups is 1. The highest BCUT2D eigenvalue weighted by molar-refractivity contribution is 5.85. The van der Waals surface area contributed by atoms with Gasteiger partial charge in [-0.05, 0) is 24.3 Å². The third-order valence-electron chi connectivity index (χ3n) is 4.34. The minimum Gasteiger partial charge on any atom is -0.504 e. The molecule has 2 aromatic carbocycles. The van der Waals surface area contributed by atoms with Crippen LogP contribution in [0.3, 0.4) is 0 Å². The maximum Gasteiger partial charge on any atom is 0.231 e. The molecule has 3 heterocycles. The Morgan fingerprint density at radius 3 is 2.77 bits per heavy atom. The predicted molar refractivity (Wildman–Crippen MR) is 94.4 cm³/mol. The van der Waals surface area contributed by atoms with Gasteiger partial charge in [-0.2, -0.15) is 10.2 Å². The van der Waals surface area contributed by atoms with Crippen LogP contribution in [0, 0.1) is 0 Å². The Morgan fingerprint density at radius 1 is 1.00 bits per heavy atom. The number of hydrogen-bond acceptors (Lipinski definition) is 5. The maximum atomic E-state index is 10.6. The van der Waals surface area contributed by atoms with E-state index in [1.807, 2.05) is 36.5 Å². The van der Waals surface area contributed by atoms with Crippen molar-refractivity contribution in [1.82, 2.24) is 20.0 Å². The van der Waals surface area contributed by atoms with E-state index in [1.54, 1.807) is 29.2 Å². The van der Waals surface area contributed by atoms with Gasteiger partial charge in [0.25, 0.3) is 0 Å². The molecule has 0 radical (unpaired) electrons. The summed E-state index contributed by atoms with van der Waals surface area (Å²) in [5.41, 5.74) is 3.97. The number of benzene rings is 2. The first-order valence-corrected chi connectivity index (χ1v) is 8.07. The van der Waals surface area contributed by atoms with E-state index in [2.05, 4.69) is 15.3 Å². The molecule has 0 amide bonds. The first-order chi connectivity index (χ1) is 12.8. The summed E-state index contributed by atoms with van der Waals surface area (Å²) in [6.45, 7) is 0.103. The number of H-pyrrole nitrogens is 1. The Kier molecular flexibility index (Phi) is 3.18. The molecule has 128 valence electrons. The summed E-state index contributed by atoms with van der Waals surface area (Å²) in [6, 6.07) is 13.4. The zero-order valence-electron chi connectivity index (χ0n) is 13.6. The Balaban J connectivity index is 1.58. The highest BCUT2D eigenvalue weighted by atomic mass is 16.7. The van der Waals surface area contributed by atoms with Crippen LogP contribution in [0.4, 0.5) is 0 Å². The van der Waals surface area contributed by atoms with Gasteiger partial charge in [-0.15, -0.1) is 0 Å². The van der Waals surface area contributed by atoms with Crippen LogP contribution in [-0.4, -0.2) is 31.9 Å². The van der Waals surface area contributed by atoms with Crippen molar-refractivity contribution < 1.29 is 14.6 Å². The Morgan fingerprint density at radius 2 is 1.88 bits per heavy atom. The van der Waals surface area contributed by atoms with E-state index in [0.717, 1.165) is 16.8 Å². The Labute approximate surface area is 148 Å². The molecular formula is C19H14N4O3. The fourth-order valence-electron chi connectivity index (χ4n) is 3.05. The molecular weight excluding hydrogens is 332 g/mol. The lowest BCUT2D eigenvalue weighted by atomic mass is 10.0. The summed E-state index contributed by atoms with van der Waals surface area (Å²) in [5.74, 6) is 0.910. The minimum atomic E-state index is 0.0287. The number of rotatable bonds is 3. The van der Waals surface area contributed by atoms with Crippen molar-refractivity contribution in [2.45, 2.75) is 0 Å². The molecule has 0 saturated carbocycles. The summed E-state index contributed by atoms with van der Waals surface area (Å²) in [5, 5.41) is 22.1. The van der Waals surface area contributed by atoms with Gasteiger partial charge in [-0.25, -0.2) is 4.68 Å². The third-order valence-corrected chi connectivity index (χ3v) is 4.34. The fourth-order valence-corrected chi connectivity index (χ4v) is 3.05. The van der Waals surface area contributed by atoms with Crippen LogP contribution in [0.5, 0.6) is 17.2 Å². The third kappa shape index (κ3) is 2.21. The van der Waals surface area contributed by atoms with Crippen LogP contribution in [-0.2, 0) is 0 Å². The topological polar surface area (TPSA) is 85.2 Å². The number of ether oxygens (including phenoxy) is 2. The second-order valence-electron chi connectivity index (χ2n) is 5.86. The van der Waals surface area contributed by atoms with Gasteiger partial charge in [-0.3, -0.25) is 5.10 Å². The summed E-state index contributed by atoms with van der Waals surface area (Å²) >= 11 is 0. The first kappa shape index (κ1) is 14.6. The molecule has 2 aromatic heterocycles. The molecule has 0 saturated heterocycles. The zero-order valence-corrected chi connectivity index (χ0v) is 13.6. The molecule has 1 aliphatic rings. The largest absolute Gasteiger partial charge is 0.504 e. The van der Waals surface area contributed by atoms with Gasteiger partial charge < -0.3 is 14.6 Å². The number of fused-ring (bicyclic) bond motifs is 1. The average Bonchev–Trinajstić information content (AvgIpc) is 3.42. The second-order valence-corrected chi connectivity index (χ2v) is 5.86. The van der Waals surface area contributed by atoms with Gasteiger partial charge in [0.15, 0.2) is 11.5 Å². The minimum absolute atomic E-state index is 0.0287. The molecule has 0 spiro atoms. The van der Waals surface area contributed by atoms with E-state index in [9.17, 15) is 5.11 Å². The van der Waals surface area contributed by atoms with Crippen molar-refractivity contribution in [2.75, 3.05) is 6.79 Å². The molecule has 0 fully saturated rings. The van der Waals surface area contributed by atoms with E-state index < -0.39 is 0 Å². The van der Waals surface area contributed by atoms with Crippen LogP contribution >= 0.6 is 0 Å². The quantitative estimate of drug-likeness (QED) is 0.594. The van der Waals surface area contributed by atoms with Crippen molar-refractivity contribution in [1.29, 1.82) is 0 Å². The molecule has 4 aromatic rings. The van der Waals surface area contributed by atoms with Crippen molar-refractivity contribution in [3.8, 4) is 45.3 Å². The SMILES string of the molecule is Oc1c(-c2[nH]ncc2-c2cnn(-c3ccccc3)c2)ccc2c1OCO2. The van der Waals surface area contributed by atoms with Gasteiger partial charge in [0.1, 0.15) is 0 Å². The number of nitrogens with one attached hydrogen (secondary N) is 1. The zero-order chi connectivity index (χ0) is 17.5. The van der Waals surface area contributed by atoms with E-state index in [4.69, 9.17) is 9.47 Å². The number of nitrogens with zero attached hydrogens (tertiary/aromatic N) is 3. The van der Waals surface area contributed by atoms with Crippen LogP contribution in [0.25, 0.3) is 28.1 Å². The van der Waals surface area contributed by atoms with Gasteiger partial charge in [-0.1, -0.05) is 18.2 Å². The number of aromatic nitrogens is 4. The Hall–Kier alpha value is -3.74. The van der Waals surface area contributed by atoms with Crippen LogP contribution < -0.4 is 9.47 Å². The molecule has 2 N–H and O–H groups in total. The molecule has 5 rings (SSSR count). The van der Waals surface area contributed by atoms with Crippen molar-refractivity contribution in [2.24, 2.45) is 0 Å². The van der Waals surface area contributed by atoms with Crippen LogP contribution in [0.2, 0.25) is 0 Å². The second kappa shape index (κ2) is 5.66. The number of aromatic amines is 1. The van der Waals surface area contributed by atoms with E-state index >= 15 is 0 Å². The number of para-hydroxylation sites is 1.